The zero-order valence-corrected chi connectivity index (χ0v) is 12.7. The van der Waals surface area contributed by atoms with Gasteiger partial charge in [0.05, 0.1) is 18.1 Å². The number of amides is 2. The molecule has 1 saturated heterocycles. The summed E-state index contributed by atoms with van der Waals surface area (Å²) in [5.41, 5.74) is 0.844. The molecule has 4 atom stereocenters. The number of hydrogen-bond donors (Lipinski definition) is 0. The Morgan fingerprint density at radius 3 is 2.33 bits per heavy atom. The predicted molar refractivity (Wildman–Crippen MR) is 81.3 cm³/mol. The summed E-state index contributed by atoms with van der Waals surface area (Å²) in [6, 6.07) is 7.57. The molecule has 5 heteroatoms. The summed E-state index contributed by atoms with van der Waals surface area (Å²) in [4.78, 5) is 24.9. The molecule has 0 N–H and O–H groups in total. The van der Waals surface area contributed by atoms with Crippen LogP contribution < -0.4 is 0 Å². The number of benzene rings is 1. The fraction of sp³-hybridized carbons (Fsp3) is 0.312. The zero-order valence-electron chi connectivity index (χ0n) is 11.1. The SMILES string of the molecule is O=C1C2C3C=CC(C3)C2C(=O)N1N=Cc1ccccc1Br. The first-order valence-electron chi connectivity index (χ1n) is 7.01. The number of halogens is 1. The molecule has 2 fully saturated rings. The molecule has 2 bridgehead atoms. The average Bonchev–Trinajstić information content (AvgIpc) is 3.14. The Labute approximate surface area is 130 Å². The first-order chi connectivity index (χ1) is 10.2. The minimum atomic E-state index is -0.191. The van der Waals surface area contributed by atoms with Crippen LogP contribution in [0.3, 0.4) is 0 Å². The van der Waals surface area contributed by atoms with Gasteiger partial charge in [-0.25, -0.2) is 0 Å². The number of nitrogens with zero attached hydrogens (tertiary/aromatic N) is 2. The molecule has 4 unspecified atom stereocenters. The van der Waals surface area contributed by atoms with E-state index in [0.717, 1.165) is 21.5 Å². The molecule has 0 aromatic heterocycles. The summed E-state index contributed by atoms with van der Waals surface area (Å²) < 4.78 is 0.884. The van der Waals surface area contributed by atoms with Crippen LogP contribution in [0.25, 0.3) is 0 Å². The third-order valence-corrected chi connectivity index (χ3v) is 5.39. The Morgan fingerprint density at radius 2 is 1.71 bits per heavy atom. The van der Waals surface area contributed by atoms with Crippen molar-refractivity contribution in [2.45, 2.75) is 6.42 Å². The van der Waals surface area contributed by atoms with E-state index in [9.17, 15) is 9.59 Å². The maximum atomic E-state index is 12.4. The van der Waals surface area contributed by atoms with Crippen molar-refractivity contribution >= 4 is 34.0 Å². The number of imide groups is 1. The Hall–Kier alpha value is -1.75. The third-order valence-electron chi connectivity index (χ3n) is 4.66. The third kappa shape index (κ3) is 1.83. The van der Waals surface area contributed by atoms with Crippen LogP contribution in [-0.2, 0) is 9.59 Å². The molecule has 1 heterocycles. The number of carbonyl (C=O) groups is 2. The molecular weight excluding hydrogens is 332 g/mol. The van der Waals surface area contributed by atoms with Crippen LogP contribution >= 0.6 is 15.9 Å². The second-order valence-corrected chi connectivity index (χ2v) is 6.61. The summed E-state index contributed by atoms with van der Waals surface area (Å²) in [6.45, 7) is 0. The maximum Gasteiger partial charge on any atom is 0.254 e. The lowest BCUT2D eigenvalue weighted by atomic mass is 9.85. The summed E-state index contributed by atoms with van der Waals surface area (Å²) in [5, 5.41) is 5.22. The van der Waals surface area contributed by atoms with Crippen molar-refractivity contribution in [1.82, 2.24) is 5.01 Å². The van der Waals surface area contributed by atoms with E-state index in [1.165, 1.54) is 0 Å². The average molecular weight is 345 g/mol. The van der Waals surface area contributed by atoms with Crippen molar-refractivity contribution in [2.75, 3.05) is 0 Å². The van der Waals surface area contributed by atoms with Crippen LogP contribution in [0.5, 0.6) is 0 Å². The Balaban J connectivity index is 1.62. The van der Waals surface area contributed by atoms with E-state index in [0.29, 0.717) is 0 Å². The monoisotopic (exact) mass is 344 g/mol. The second kappa shape index (κ2) is 4.63. The summed E-state index contributed by atoms with van der Waals surface area (Å²) >= 11 is 3.42. The van der Waals surface area contributed by atoms with Crippen LogP contribution in [0.4, 0.5) is 0 Å². The van der Waals surface area contributed by atoms with Crippen LogP contribution in [0.1, 0.15) is 12.0 Å². The summed E-state index contributed by atoms with van der Waals surface area (Å²) in [6.07, 6.45) is 6.67. The molecular formula is C16H13BrN2O2. The van der Waals surface area contributed by atoms with E-state index in [2.05, 4.69) is 33.2 Å². The van der Waals surface area contributed by atoms with Crippen molar-refractivity contribution in [1.29, 1.82) is 0 Å². The Morgan fingerprint density at radius 1 is 1.10 bits per heavy atom. The first-order valence-corrected chi connectivity index (χ1v) is 7.81. The molecule has 2 amide bonds. The van der Waals surface area contributed by atoms with Crippen molar-refractivity contribution in [3.63, 3.8) is 0 Å². The number of allylic oxidation sites excluding steroid dienone is 2. The lowest BCUT2D eigenvalue weighted by molar-refractivity contribution is -0.140. The molecule has 4 nitrogen and oxygen atoms in total. The number of fused-ring (bicyclic) bond motifs is 5. The molecule has 1 saturated carbocycles. The van der Waals surface area contributed by atoms with Gasteiger partial charge in [0.25, 0.3) is 11.8 Å². The first kappa shape index (κ1) is 13.0. The highest BCUT2D eigenvalue weighted by molar-refractivity contribution is 9.10. The number of rotatable bonds is 2. The van der Waals surface area contributed by atoms with Crippen molar-refractivity contribution < 1.29 is 9.59 Å². The van der Waals surface area contributed by atoms with E-state index < -0.39 is 0 Å². The van der Waals surface area contributed by atoms with Crippen LogP contribution in [0.2, 0.25) is 0 Å². The fourth-order valence-electron chi connectivity index (χ4n) is 3.70. The van der Waals surface area contributed by atoms with Gasteiger partial charge in [0, 0.05) is 10.0 Å². The standard InChI is InChI=1S/C16H13BrN2O2/c17-12-4-2-1-3-11(12)8-18-19-15(20)13-9-5-6-10(7-9)14(13)16(19)21/h1-6,8-10,13-14H,7H2. The summed E-state index contributed by atoms with van der Waals surface area (Å²) in [5.74, 6) is -0.233. The highest BCUT2D eigenvalue weighted by Gasteiger charge is 2.59. The van der Waals surface area contributed by atoms with E-state index in [1.54, 1.807) is 6.21 Å². The van der Waals surface area contributed by atoms with Gasteiger partial charge in [0.2, 0.25) is 0 Å². The topological polar surface area (TPSA) is 49.7 Å². The van der Waals surface area contributed by atoms with Crippen LogP contribution in [0.15, 0.2) is 46.0 Å². The fourth-order valence-corrected chi connectivity index (χ4v) is 4.09. The molecule has 0 radical (unpaired) electrons. The lowest BCUT2D eigenvalue weighted by Crippen LogP contribution is -2.28. The maximum absolute atomic E-state index is 12.4. The van der Waals surface area contributed by atoms with E-state index in [4.69, 9.17) is 0 Å². The van der Waals surface area contributed by atoms with Gasteiger partial charge in [0.1, 0.15) is 0 Å². The van der Waals surface area contributed by atoms with Gasteiger partial charge in [-0.3, -0.25) is 9.59 Å². The highest BCUT2D eigenvalue weighted by atomic mass is 79.9. The van der Waals surface area contributed by atoms with Crippen LogP contribution in [-0.4, -0.2) is 23.0 Å². The Kier molecular flexibility index (Phi) is 2.85. The van der Waals surface area contributed by atoms with Gasteiger partial charge in [-0.05, 0) is 24.3 Å². The molecule has 2 aliphatic carbocycles. The molecule has 1 aliphatic heterocycles. The van der Waals surface area contributed by atoms with Crippen molar-refractivity contribution in [3.8, 4) is 0 Å². The highest BCUT2D eigenvalue weighted by Crippen LogP contribution is 2.52. The molecule has 1 aromatic rings. The van der Waals surface area contributed by atoms with E-state index in [1.807, 2.05) is 24.3 Å². The number of hydrogen-bond acceptors (Lipinski definition) is 3. The van der Waals surface area contributed by atoms with Gasteiger partial charge in [0.15, 0.2) is 0 Å². The molecule has 106 valence electrons. The number of hydrazone groups is 1. The molecule has 1 aromatic carbocycles. The smallest absolute Gasteiger partial charge is 0.254 e. The second-order valence-electron chi connectivity index (χ2n) is 5.75. The normalized spacial score (nSPS) is 33.5. The van der Waals surface area contributed by atoms with Gasteiger partial charge in [-0.1, -0.05) is 46.3 Å². The predicted octanol–water partition coefficient (Wildman–Crippen LogP) is 2.59. The minimum Gasteiger partial charge on any atom is -0.272 e. The molecule has 4 rings (SSSR count). The van der Waals surface area contributed by atoms with Crippen molar-refractivity contribution in [3.05, 3.63) is 46.5 Å². The van der Waals surface area contributed by atoms with Crippen molar-refractivity contribution in [2.24, 2.45) is 28.8 Å². The quantitative estimate of drug-likeness (QED) is 0.470. The van der Waals surface area contributed by atoms with Gasteiger partial charge >= 0.3 is 0 Å². The summed E-state index contributed by atoms with van der Waals surface area (Å²) in [7, 11) is 0. The number of carbonyl (C=O) groups excluding carboxylic acids is 2. The Bertz CT molecular complexity index is 667. The minimum absolute atomic E-state index is 0.148. The van der Waals surface area contributed by atoms with Crippen LogP contribution in [0, 0.1) is 23.7 Å². The van der Waals surface area contributed by atoms with E-state index in [-0.39, 0.29) is 35.5 Å². The van der Waals surface area contributed by atoms with Gasteiger partial charge < -0.3 is 0 Å². The zero-order chi connectivity index (χ0) is 14.6. The van der Waals surface area contributed by atoms with Gasteiger partial charge in [-0.15, -0.1) is 0 Å². The van der Waals surface area contributed by atoms with E-state index >= 15 is 0 Å². The molecule has 0 spiro atoms. The van der Waals surface area contributed by atoms with Gasteiger partial charge in [-0.2, -0.15) is 10.1 Å². The molecule has 21 heavy (non-hydrogen) atoms. The molecule has 3 aliphatic rings. The lowest BCUT2D eigenvalue weighted by Gasteiger charge is -2.13. The largest absolute Gasteiger partial charge is 0.272 e.